The molecular formula is C26H42N2O2. The average molecular weight is 415 g/mol. The van der Waals surface area contributed by atoms with Crippen LogP contribution in [0, 0.1) is 46.3 Å². The molecule has 4 rings (SSSR count). The first-order chi connectivity index (χ1) is 13.8. The first kappa shape index (κ1) is 21.9. The minimum absolute atomic E-state index is 0.0517. The second-order valence-electron chi connectivity index (χ2n) is 12.6. The summed E-state index contributed by atoms with van der Waals surface area (Å²) in [6, 6.07) is 0.300. The number of hydrogen-bond donors (Lipinski definition) is 1. The van der Waals surface area contributed by atoms with Crippen molar-refractivity contribution in [3.8, 4) is 0 Å². The van der Waals surface area contributed by atoms with E-state index in [9.17, 15) is 9.59 Å². The first-order valence-corrected chi connectivity index (χ1v) is 12.1. The molecular weight excluding hydrogens is 372 g/mol. The monoisotopic (exact) mass is 414 g/mol. The number of amides is 2. The van der Waals surface area contributed by atoms with Crippen LogP contribution < -0.4 is 5.32 Å². The second-order valence-corrected chi connectivity index (χ2v) is 12.6. The molecule has 0 aromatic heterocycles. The lowest BCUT2D eigenvalue weighted by molar-refractivity contribution is -0.149. The molecule has 1 N–H and O–H groups in total. The Morgan fingerprint density at radius 3 is 2.43 bits per heavy atom. The molecule has 168 valence electrons. The normalized spacial score (nSPS) is 48.1. The molecule has 30 heavy (non-hydrogen) atoms. The molecule has 0 aromatic carbocycles. The molecule has 9 atom stereocenters. The van der Waals surface area contributed by atoms with Crippen LogP contribution in [0.15, 0.2) is 12.2 Å². The molecule has 4 aliphatic rings. The number of carbonyl (C=O) groups excluding carboxylic acids is 2. The van der Waals surface area contributed by atoms with Crippen molar-refractivity contribution in [1.29, 1.82) is 0 Å². The van der Waals surface area contributed by atoms with Crippen LogP contribution in [-0.2, 0) is 9.59 Å². The number of nitrogens with one attached hydrogen (secondary N) is 1. The summed E-state index contributed by atoms with van der Waals surface area (Å²) in [5.41, 5.74) is -0.0606. The van der Waals surface area contributed by atoms with Gasteiger partial charge in [-0.3, -0.25) is 9.59 Å². The van der Waals surface area contributed by atoms with E-state index < -0.39 is 0 Å². The third-order valence-electron chi connectivity index (χ3n) is 9.63. The summed E-state index contributed by atoms with van der Waals surface area (Å²) in [5.74, 6) is 3.32. The van der Waals surface area contributed by atoms with Crippen molar-refractivity contribution in [3.05, 3.63) is 12.2 Å². The third-order valence-corrected chi connectivity index (χ3v) is 9.63. The van der Waals surface area contributed by atoms with Crippen LogP contribution in [0.3, 0.4) is 0 Å². The van der Waals surface area contributed by atoms with Gasteiger partial charge >= 0.3 is 0 Å². The van der Waals surface area contributed by atoms with E-state index >= 15 is 0 Å². The molecule has 2 amide bonds. The van der Waals surface area contributed by atoms with Gasteiger partial charge in [0.15, 0.2) is 0 Å². The molecule has 0 saturated heterocycles. The maximum absolute atomic E-state index is 13.4. The fourth-order valence-electron chi connectivity index (χ4n) is 8.43. The maximum Gasteiger partial charge on any atom is 0.246 e. The SMILES string of the molecule is CC1C[C@H]2[C@@H]3C(C)CC4N(C)C(=O)C=C[C@]4(C)[C@@H]3CC[C@]2(C)C1C(=O)NC(C)(C)C. The van der Waals surface area contributed by atoms with Crippen molar-refractivity contribution >= 4 is 11.8 Å². The van der Waals surface area contributed by atoms with E-state index in [0.29, 0.717) is 35.6 Å². The van der Waals surface area contributed by atoms with Gasteiger partial charge in [0.05, 0.1) is 0 Å². The highest BCUT2D eigenvalue weighted by Crippen LogP contribution is 2.67. The summed E-state index contributed by atoms with van der Waals surface area (Å²) < 4.78 is 0. The highest BCUT2D eigenvalue weighted by molar-refractivity contribution is 5.89. The molecule has 3 fully saturated rings. The zero-order valence-electron chi connectivity index (χ0n) is 20.3. The van der Waals surface area contributed by atoms with E-state index in [0.717, 1.165) is 25.7 Å². The van der Waals surface area contributed by atoms with Crippen molar-refractivity contribution in [2.24, 2.45) is 46.3 Å². The fraction of sp³-hybridized carbons (Fsp3) is 0.846. The van der Waals surface area contributed by atoms with E-state index in [-0.39, 0.29) is 34.1 Å². The van der Waals surface area contributed by atoms with Gasteiger partial charge < -0.3 is 10.2 Å². The Bertz CT molecular complexity index is 767. The average Bonchev–Trinajstić information content (AvgIpc) is 2.89. The summed E-state index contributed by atoms with van der Waals surface area (Å²) in [4.78, 5) is 27.7. The van der Waals surface area contributed by atoms with Gasteiger partial charge in [0.2, 0.25) is 11.8 Å². The highest BCUT2D eigenvalue weighted by atomic mass is 16.2. The molecule has 4 nitrogen and oxygen atoms in total. The smallest absolute Gasteiger partial charge is 0.246 e. The van der Waals surface area contributed by atoms with Crippen molar-refractivity contribution in [1.82, 2.24) is 10.2 Å². The Labute approximate surface area is 183 Å². The minimum Gasteiger partial charge on any atom is -0.351 e. The summed E-state index contributed by atoms with van der Waals surface area (Å²) in [7, 11) is 1.99. The zero-order chi connectivity index (χ0) is 22.2. The lowest BCUT2D eigenvalue weighted by Gasteiger charge is -2.62. The zero-order valence-corrected chi connectivity index (χ0v) is 20.3. The predicted molar refractivity (Wildman–Crippen MR) is 121 cm³/mol. The largest absolute Gasteiger partial charge is 0.351 e. The topological polar surface area (TPSA) is 49.4 Å². The van der Waals surface area contributed by atoms with Gasteiger partial charge in [-0.25, -0.2) is 0 Å². The Hall–Kier alpha value is -1.32. The van der Waals surface area contributed by atoms with Gasteiger partial charge in [0, 0.05) is 30.0 Å². The highest BCUT2D eigenvalue weighted by Gasteiger charge is 2.64. The number of nitrogens with zero attached hydrogens (tertiary/aromatic N) is 1. The molecule has 4 heteroatoms. The summed E-state index contributed by atoms with van der Waals surface area (Å²) in [6.07, 6.45) is 8.56. The third kappa shape index (κ3) is 3.07. The molecule has 3 aliphatic carbocycles. The van der Waals surface area contributed by atoms with E-state index in [4.69, 9.17) is 0 Å². The molecule has 0 bridgehead atoms. The fourth-order valence-corrected chi connectivity index (χ4v) is 8.43. The Balaban J connectivity index is 1.68. The van der Waals surface area contributed by atoms with Crippen LogP contribution in [0.5, 0.6) is 0 Å². The van der Waals surface area contributed by atoms with Crippen LogP contribution in [0.25, 0.3) is 0 Å². The lowest BCUT2D eigenvalue weighted by atomic mass is 9.45. The standard InChI is InChI=1S/C26H42N2O2/c1-15-14-19-25(6,12-10-20(29)28(19)8)17-9-11-26(7)18(21(15)17)13-16(2)22(26)23(30)27-24(3,4)5/h10,12,15-19,21-22H,9,11,13-14H2,1-8H3,(H,27,30)/t15?,16?,17-,18+,19?,21-,22?,25-,26+/m1/s1. The number of fused-ring (bicyclic) bond motifs is 5. The van der Waals surface area contributed by atoms with Crippen LogP contribution >= 0.6 is 0 Å². The Morgan fingerprint density at radius 2 is 1.80 bits per heavy atom. The number of rotatable bonds is 1. The molecule has 3 saturated carbocycles. The van der Waals surface area contributed by atoms with Crippen LogP contribution in [0.4, 0.5) is 0 Å². The molecule has 1 aliphatic heterocycles. The van der Waals surface area contributed by atoms with Crippen molar-refractivity contribution in [2.45, 2.75) is 85.7 Å². The summed E-state index contributed by atoms with van der Waals surface area (Å²) >= 11 is 0. The van der Waals surface area contributed by atoms with Crippen molar-refractivity contribution < 1.29 is 9.59 Å². The van der Waals surface area contributed by atoms with E-state index in [2.05, 4.69) is 59.9 Å². The molecule has 1 heterocycles. The van der Waals surface area contributed by atoms with Gasteiger partial charge in [-0.15, -0.1) is 0 Å². The van der Waals surface area contributed by atoms with E-state index in [1.165, 1.54) is 0 Å². The quantitative estimate of drug-likeness (QED) is 0.679. The lowest BCUT2D eigenvalue weighted by Crippen LogP contribution is -2.62. The molecule has 0 spiro atoms. The second kappa shape index (κ2) is 6.84. The maximum atomic E-state index is 13.4. The Kier molecular flexibility index (Phi) is 4.99. The van der Waals surface area contributed by atoms with Crippen LogP contribution in [0.2, 0.25) is 0 Å². The first-order valence-electron chi connectivity index (χ1n) is 12.1. The van der Waals surface area contributed by atoms with Gasteiger partial charge in [-0.2, -0.15) is 0 Å². The number of carbonyl (C=O) groups is 2. The molecule has 0 radical (unpaired) electrons. The van der Waals surface area contributed by atoms with E-state index in [1.54, 1.807) is 0 Å². The summed E-state index contributed by atoms with van der Waals surface area (Å²) in [5, 5.41) is 3.30. The van der Waals surface area contributed by atoms with Gasteiger partial charge in [0.25, 0.3) is 0 Å². The van der Waals surface area contributed by atoms with Crippen molar-refractivity contribution in [3.63, 3.8) is 0 Å². The van der Waals surface area contributed by atoms with E-state index in [1.807, 2.05) is 18.0 Å². The van der Waals surface area contributed by atoms with Crippen LogP contribution in [0.1, 0.15) is 74.1 Å². The minimum atomic E-state index is -0.189. The number of likely N-dealkylation sites (N-methyl/N-ethyl adjacent to an activating group) is 1. The van der Waals surface area contributed by atoms with Gasteiger partial charge in [-0.05, 0) is 87.5 Å². The van der Waals surface area contributed by atoms with Crippen molar-refractivity contribution in [2.75, 3.05) is 7.05 Å². The van der Waals surface area contributed by atoms with Gasteiger partial charge in [-0.1, -0.05) is 33.8 Å². The van der Waals surface area contributed by atoms with Gasteiger partial charge in [0.1, 0.15) is 0 Å². The molecule has 4 unspecified atom stereocenters. The number of hydrogen-bond acceptors (Lipinski definition) is 2. The Morgan fingerprint density at radius 1 is 1.13 bits per heavy atom. The molecule has 0 aromatic rings. The van der Waals surface area contributed by atoms with Crippen LogP contribution in [-0.4, -0.2) is 35.3 Å². The summed E-state index contributed by atoms with van der Waals surface area (Å²) in [6.45, 7) is 15.8. The predicted octanol–water partition coefficient (Wildman–Crippen LogP) is 4.65.